The van der Waals surface area contributed by atoms with Crippen LogP contribution < -0.4 is 5.32 Å². The Hall–Kier alpha value is -2.21. The highest BCUT2D eigenvalue weighted by atomic mass is 79.9. The van der Waals surface area contributed by atoms with E-state index in [1.807, 2.05) is 17.0 Å². The van der Waals surface area contributed by atoms with Crippen LogP contribution >= 0.6 is 15.9 Å². The molecular formula is C23H28BrN3O2. The van der Waals surface area contributed by atoms with Crippen molar-refractivity contribution < 1.29 is 9.59 Å². The number of hydrogen-bond donors (Lipinski definition) is 1. The Bertz CT molecular complexity index is 788. The number of nitrogens with zero attached hydrogens (tertiary/aromatic N) is 2. The van der Waals surface area contributed by atoms with Crippen molar-refractivity contribution in [3.05, 3.63) is 64.4 Å². The minimum atomic E-state index is -0.00636. The third-order valence-electron chi connectivity index (χ3n) is 5.43. The quantitative estimate of drug-likeness (QED) is 0.606. The summed E-state index contributed by atoms with van der Waals surface area (Å²) in [4.78, 5) is 30.8. The third-order valence-corrected chi connectivity index (χ3v) is 5.96. The number of aryl methyl sites for hydroxylation is 1. The van der Waals surface area contributed by atoms with Crippen LogP contribution in [0.15, 0.2) is 53.3 Å². The van der Waals surface area contributed by atoms with Crippen molar-refractivity contribution in [2.24, 2.45) is 5.92 Å². The lowest BCUT2D eigenvalue weighted by molar-refractivity contribution is -0.135. The van der Waals surface area contributed by atoms with Crippen LogP contribution in [0, 0.1) is 5.92 Å². The van der Waals surface area contributed by atoms with Crippen LogP contribution in [0.5, 0.6) is 0 Å². The number of carbonyl (C=O) groups excluding carboxylic acids is 2. The average Bonchev–Trinajstić information content (AvgIpc) is 2.77. The molecule has 1 aliphatic rings. The third kappa shape index (κ3) is 6.96. The van der Waals surface area contributed by atoms with E-state index in [9.17, 15) is 9.59 Å². The zero-order chi connectivity index (χ0) is 20.5. The molecule has 1 aromatic heterocycles. The number of rotatable bonds is 8. The van der Waals surface area contributed by atoms with Gasteiger partial charge < -0.3 is 10.2 Å². The zero-order valence-electron chi connectivity index (χ0n) is 16.6. The molecule has 154 valence electrons. The summed E-state index contributed by atoms with van der Waals surface area (Å²) in [5.41, 5.74) is 2.30. The van der Waals surface area contributed by atoms with E-state index in [-0.39, 0.29) is 17.7 Å². The molecule has 0 atom stereocenters. The number of pyridine rings is 1. The molecule has 1 fully saturated rings. The van der Waals surface area contributed by atoms with E-state index in [0.717, 1.165) is 42.1 Å². The molecule has 0 saturated carbocycles. The van der Waals surface area contributed by atoms with Gasteiger partial charge in [0.15, 0.2) is 0 Å². The van der Waals surface area contributed by atoms with Gasteiger partial charge in [-0.05, 0) is 61.4 Å². The van der Waals surface area contributed by atoms with Crippen molar-refractivity contribution in [2.75, 3.05) is 13.1 Å². The number of piperidine rings is 1. The van der Waals surface area contributed by atoms with Gasteiger partial charge in [0.1, 0.15) is 0 Å². The number of unbranched alkanes of at least 4 members (excludes halogenated alkanes) is 1. The predicted octanol–water partition coefficient (Wildman–Crippen LogP) is 4.11. The van der Waals surface area contributed by atoms with Crippen molar-refractivity contribution in [3.63, 3.8) is 0 Å². The lowest BCUT2D eigenvalue weighted by atomic mass is 9.95. The molecule has 0 unspecified atom stereocenters. The fourth-order valence-electron chi connectivity index (χ4n) is 3.64. The Labute approximate surface area is 181 Å². The SMILES string of the molecule is O=C(NCc1cccnc1)C1CCN(C(=O)CCCCc2ccc(Br)cc2)CC1. The van der Waals surface area contributed by atoms with Crippen molar-refractivity contribution in [2.45, 2.75) is 45.1 Å². The van der Waals surface area contributed by atoms with E-state index in [1.165, 1.54) is 5.56 Å². The molecule has 3 rings (SSSR count). The molecule has 1 aromatic carbocycles. The van der Waals surface area contributed by atoms with Crippen LogP contribution in [0.3, 0.4) is 0 Å². The highest BCUT2D eigenvalue weighted by Crippen LogP contribution is 2.19. The van der Waals surface area contributed by atoms with Crippen LogP contribution in [0.4, 0.5) is 0 Å². The van der Waals surface area contributed by atoms with Crippen LogP contribution in [0.1, 0.15) is 43.2 Å². The van der Waals surface area contributed by atoms with E-state index in [4.69, 9.17) is 0 Å². The van der Waals surface area contributed by atoms with Gasteiger partial charge in [-0.2, -0.15) is 0 Å². The Morgan fingerprint density at radius 1 is 1.07 bits per heavy atom. The van der Waals surface area contributed by atoms with Gasteiger partial charge >= 0.3 is 0 Å². The monoisotopic (exact) mass is 457 g/mol. The Morgan fingerprint density at radius 3 is 2.52 bits per heavy atom. The molecule has 0 aliphatic carbocycles. The molecule has 2 amide bonds. The summed E-state index contributed by atoms with van der Waals surface area (Å²) in [6.07, 6.45) is 8.47. The summed E-state index contributed by atoms with van der Waals surface area (Å²) in [6.45, 7) is 1.86. The molecular weight excluding hydrogens is 430 g/mol. The molecule has 2 aromatic rings. The van der Waals surface area contributed by atoms with Gasteiger partial charge in [0.05, 0.1) is 0 Å². The largest absolute Gasteiger partial charge is 0.352 e. The van der Waals surface area contributed by atoms with E-state index < -0.39 is 0 Å². The second-order valence-corrected chi connectivity index (χ2v) is 8.48. The van der Waals surface area contributed by atoms with Crippen LogP contribution in [0.25, 0.3) is 0 Å². The van der Waals surface area contributed by atoms with Gasteiger partial charge in [0.2, 0.25) is 11.8 Å². The number of nitrogens with one attached hydrogen (secondary N) is 1. The molecule has 1 aliphatic heterocycles. The van der Waals surface area contributed by atoms with Crippen LogP contribution in [-0.2, 0) is 22.6 Å². The summed E-state index contributed by atoms with van der Waals surface area (Å²) < 4.78 is 1.09. The number of aromatic nitrogens is 1. The molecule has 6 heteroatoms. The van der Waals surface area contributed by atoms with Gasteiger partial charge in [-0.25, -0.2) is 0 Å². The first-order valence-corrected chi connectivity index (χ1v) is 11.1. The fourth-order valence-corrected chi connectivity index (χ4v) is 3.91. The molecule has 29 heavy (non-hydrogen) atoms. The number of amides is 2. The highest BCUT2D eigenvalue weighted by molar-refractivity contribution is 9.10. The number of likely N-dealkylation sites (tertiary alicyclic amines) is 1. The lowest BCUT2D eigenvalue weighted by Crippen LogP contribution is -2.42. The fraction of sp³-hybridized carbons (Fsp3) is 0.435. The summed E-state index contributed by atoms with van der Waals surface area (Å²) in [6, 6.07) is 12.2. The maximum atomic E-state index is 12.5. The molecule has 1 N–H and O–H groups in total. The number of carbonyl (C=O) groups is 2. The predicted molar refractivity (Wildman–Crippen MR) is 117 cm³/mol. The standard InChI is InChI=1S/C23H28BrN3O2/c24-21-9-7-18(8-10-21)4-1-2-6-22(28)27-14-11-20(12-15-27)23(29)26-17-19-5-3-13-25-16-19/h3,5,7-10,13,16,20H,1-2,4,6,11-12,14-15,17H2,(H,26,29). The second-order valence-electron chi connectivity index (χ2n) is 7.57. The van der Waals surface area contributed by atoms with Crippen molar-refractivity contribution in [1.29, 1.82) is 0 Å². The van der Waals surface area contributed by atoms with Gasteiger partial charge in [-0.3, -0.25) is 14.6 Å². The topological polar surface area (TPSA) is 62.3 Å². The summed E-state index contributed by atoms with van der Waals surface area (Å²) in [7, 11) is 0. The first kappa shape index (κ1) is 21.5. The molecule has 0 bridgehead atoms. The number of halogens is 1. The normalized spacial score (nSPS) is 14.6. The van der Waals surface area contributed by atoms with Crippen molar-refractivity contribution >= 4 is 27.7 Å². The number of hydrogen-bond acceptors (Lipinski definition) is 3. The lowest BCUT2D eigenvalue weighted by Gasteiger charge is -2.31. The van der Waals surface area contributed by atoms with E-state index in [0.29, 0.717) is 26.1 Å². The second kappa shape index (κ2) is 11.1. The van der Waals surface area contributed by atoms with Crippen LogP contribution in [-0.4, -0.2) is 34.8 Å². The van der Waals surface area contributed by atoms with Gasteiger partial charge in [0.25, 0.3) is 0 Å². The summed E-state index contributed by atoms with van der Waals surface area (Å²) in [5, 5.41) is 2.99. The smallest absolute Gasteiger partial charge is 0.223 e. The van der Waals surface area contributed by atoms with Crippen molar-refractivity contribution in [3.8, 4) is 0 Å². The van der Waals surface area contributed by atoms with Crippen LogP contribution in [0.2, 0.25) is 0 Å². The summed E-state index contributed by atoms with van der Waals surface area (Å²) >= 11 is 3.45. The van der Waals surface area contributed by atoms with Gasteiger partial charge in [-0.1, -0.05) is 34.1 Å². The van der Waals surface area contributed by atoms with Crippen molar-refractivity contribution in [1.82, 2.24) is 15.2 Å². The minimum absolute atomic E-state index is 0.00636. The number of benzene rings is 1. The molecule has 2 heterocycles. The molecule has 0 spiro atoms. The molecule has 0 radical (unpaired) electrons. The highest BCUT2D eigenvalue weighted by Gasteiger charge is 2.26. The van der Waals surface area contributed by atoms with E-state index in [2.05, 4.69) is 50.5 Å². The van der Waals surface area contributed by atoms with E-state index in [1.54, 1.807) is 12.4 Å². The zero-order valence-corrected chi connectivity index (χ0v) is 18.2. The molecule has 1 saturated heterocycles. The Kier molecular flexibility index (Phi) is 8.23. The van der Waals surface area contributed by atoms with E-state index >= 15 is 0 Å². The summed E-state index contributed by atoms with van der Waals surface area (Å²) in [5.74, 6) is 0.290. The average molecular weight is 458 g/mol. The first-order chi connectivity index (χ1) is 14.1. The Balaban J connectivity index is 1.31. The Morgan fingerprint density at radius 2 is 1.83 bits per heavy atom. The van der Waals surface area contributed by atoms with Gasteiger partial charge in [-0.15, -0.1) is 0 Å². The maximum absolute atomic E-state index is 12.5. The maximum Gasteiger partial charge on any atom is 0.223 e. The first-order valence-electron chi connectivity index (χ1n) is 10.3. The minimum Gasteiger partial charge on any atom is -0.352 e. The van der Waals surface area contributed by atoms with Gasteiger partial charge in [0, 0.05) is 48.8 Å². The molecule has 5 nitrogen and oxygen atoms in total.